The van der Waals surface area contributed by atoms with Gasteiger partial charge < -0.3 is 4.52 Å². The molecule has 0 aliphatic heterocycles. The Morgan fingerprint density at radius 3 is 3.13 bits per heavy atom. The van der Waals surface area contributed by atoms with Gasteiger partial charge in [-0.3, -0.25) is 9.36 Å². The zero-order chi connectivity index (χ0) is 10.7. The molecule has 5 nitrogen and oxygen atoms in total. The number of rotatable bonds is 4. The summed E-state index contributed by atoms with van der Waals surface area (Å²) < 4.78 is 6.58. The smallest absolute Gasteiger partial charge is 0.307 e. The van der Waals surface area contributed by atoms with Gasteiger partial charge >= 0.3 is 4.87 Å². The van der Waals surface area contributed by atoms with E-state index in [0.29, 0.717) is 18.3 Å². The summed E-state index contributed by atoms with van der Waals surface area (Å²) >= 11 is 1.16. The molecule has 0 bridgehead atoms. The van der Waals surface area contributed by atoms with Crippen molar-refractivity contribution in [3.05, 3.63) is 33.0 Å². The lowest BCUT2D eigenvalue weighted by Crippen LogP contribution is -2.12. The van der Waals surface area contributed by atoms with E-state index in [1.54, 1.807) is 16.1 Å². The van der Waals surface area contributed by atoms with Gasteiger partial charge in [0.15, 0.2) is 5.82 Å². The minimum Gasteiger partial charge on any atom is -0.337 e. The summed E-state index contributed by atoms with van der Waals surface area (Å²) in [5.74, 6) is 1.19. The van der Waals surface area contributed by atoms with Crippen LogP contribution in [0.5, 0.6) is 0 Å². The monoisotopic (exact) mass is 225 g/mol. The molecule has 80 valence electrons. The second kappa shape index (κ2) is 4.39. The Labute approximate surface area is 90.4 Å². The Bertz CT molecular complexity index is 485. The van der Waals surface area contributed by atoms with E-state index >= 15 is 0 Å². The second-order valence-corrected chi connectivity index (χ2v) is 4.01. The number of nitrogens with zero attached hydrogens (tertiary/aromatic N) is 3. The Balaban J connectivity index is 2.11. The molecule has 0 aliphatic rings. The Kier molecular flexibility index (Phi) is 2.96. The second-order valence-electron chi connectivity index (χ2n) is 3.15. The molecule has 0 aromatic carbocycles. The number of aryl methyl sites for hydroxylation is 1. The van der Waals surface area contributed by atoms with Crippen LogP contribution >= 0.6 is 11.3 Å². The van der Waals surface area contributed by atoms with Gasteiger partial charge in [0.25, 0.3) is 0 Å². The Morgan fingerprint density at radius 1 is 1.60 bits per heavy atom. The third kappa shape index (κ3) is 2.33. The average molecular weight is 225 g/mol. The lowest BCUT2D eigenvalue weighted by molar-refractivity contribution is 0.365. The van der Waals surface area contributed by atoms with E-state index in [9.17, 15) is 4.79 Å². The highest BCUT2D eigenvalue weighted by atomic mass is 32.1. The molecule has 0 spiro atoms. The molecular formula is C9H11N3O2S. The largest absolute Gasteiger partial charge is 0.337 e. The predicted octanol–water partition coefficient (Wildman–Crippen LogP) is 1.29. The Hall–Kier alpha value is -1.43. The van der Waals surface area contributed by atoms with Gasteiger partial charge in [-0.15, -0.1) is 0 Å². The fraction of sp³-hybridized carbons (Fsp3) is 0.444. The van der Waals surface area contributed by atoms with Crippen molar-refractivity contribution >= 4 is 11.3 Å². The molecule has 0 N–H and O–H groups in total. The third-order valence-electron chi connectivity index (χ3n) is 1.93. The zero-order valence-corrected chi connectivity index (χ0v) is 9.16. The first-order valence-electron chi connectivity index (χ1n) is 4.75. The summed E-state index contributed by atoms with van der Waals surface area (Å²) in [5.41, 5.74) is 0. The molecule has 6 heteroatoms. The van der Waals surface area contributed by atoms with Gasteiger partial charge in [0.2, 0.25) is 5.89 Å². The van der Waals surface area contributed by atoms with E-state index < -0.39 is 0 Å². The molecule has 2 heterocycles. The highest BCUT2D eigenvalue weighted by Crippen LogP contribution is 2.02. The minimum atomic E-state index is -0.00904. The normalized spacial score (nSPS) is 10.7. The van der Waals surface area contributed by atoms with Crippen LogP contribution < -0.4 is 4.87 Å². The van der Waals surface area contributed by atoms with Crippen LogP contribution in [-0.2, 0) is 13.0 Å². The van der Waals surface area contributed by atoms with Crippen molar-refractivity contribution in [1.29, 1.82) is 0 Å². The average Bonchev–Trinajstić information content (AvgIpc) is 2.79. The van der Waals surface area contributed by atoms with E-state index in [2.05, 4.69) is 17.1 Å². The van der Waals surface area contributed by atoms with Crippen molar-refractivity contribution in [1.82, 2.24) is 14.7 Å². The molecule has 0 saturated heterocycles. The van der Waals surface area contributed by atoms with Gasteiger partial charge in [0.05, 0.1) is 0 Å². The molecule has 15 heavy (non-hydrogen) atoms. The lowest BCUT2D eigenvalue weighted by Gasteiger charge is -1.92. The molecule has 0 atom stereocenters. The van der Waals surface area contributed by atoms with Crippen LogP contribution in [0.3, 0.4) is 0 Å². The summed E-state index contributed by atoms with van der Waals surface area (Å²) in [6, 6.07) is 0. The van der Waals surface area contributed by atoms with Crippen LogP contribution in [0.2, 0.25) is 0 Å². The number of thiazole rings is 1. The third-order valence-corrected chi connectivity index (χ3v) is 2.63. The highest BCUT2D eigenvalue weighted by molar-refractivity contribution is 7.07. The standard InChI is InChI=1S/C9H11N3O2S/c1-2-3-7-10-8(14-11-7)6-12-4-5-15-9(12)13/h4-5H,2-3,6H2,1H3. The molecule has 2 aromatic heterocycles. The van der Waals surface area contributed by atoms with Crippen LogP contribution in [0.15, 0.2) is 20.9 Å². The summed E-state index contributed by atoms with van der Waals surface area (Å²) in [6.07, 6.45) is 3.51. The van der Waals surface area contributed by atoms with Crippen molar-refractivity contribution < 1.29 is 4.52 Å². The van der Waals surface area contributed by atoms with E-state index in [4.69, 9.17) is 4.52 Å². The fourth-order valence-electron chi connectivity index (χ4n) is 1.23. The van der Waals surface area contributed by atoms with Gasteiger partial charge in [-0.25, -0.2) is 0 Å². The summed E-state index contributed by atoms with van der Waals surface area (Å²) in [5, 5.41) is 5.56. The first-order chi connectivity index (χ1) is 7.29. The van der Waals surface area contributed by atoms with Crippen molar-refractivity contribution in [2.45, 2.75) is 26.3 Å². The summed E-state index contributed by atoms with van der Waals surface area (Å²) in [7, 11) is 0. The van der Waals surface area contributed by atoms with Gasteiger partial charge in [-0.2, -0.15) is 4.98 Å². The van der Waals surface area contributed by atoms with E-state index in [0.717, 1.165) is 24.2 Å². The van der Waals surface area contributed by atoms with E-state index in [1.807, 2.05) is 0 Å². The Morgan fingerprint density at radius 2 is 2.47 bits per heavy atom. The van der Waals surface area contributed by atoms with Crippen molar-refractivity contribution in [3.8, 4) is 0 Å². The number of hydrogen-bond acceptors (Lipinski definition) is 5. The van der Waals surface area contributed by atoms with E-state index in [1.165, 1.54) is 0 Å². The molecule has 0 saturated carbocycles. The van der Waals surface area contributed by atoms with Crippen molar-refractivity contribution in [2.75, 3.05) is 0 Å². The van der Waals surface area contributed by atoms with Gasteiger partial charge in [0.1, 0.15) is 6.54 Å². The SMILES string of the molecule is CCCc1noc(Cn2ccsc2=O)n1. The molecule has 2 aromatic rings. The van der Waals surface area contributed by atoms with Crippen molar-refractivity contribution in [3.63, 3.8) is 0 Å². The quantitative estimate of drug-likeness (QED) is 0.786. The lowest BCUT2D eigenvalue weighted by atomic mass is 10.3. The number of hydrogen-bond donors (Lipinski definition) is 0. The molecule has 0 fully saturated rings. The molecule has 0 radical (unpaired) electrons. The molecular weight excluding hydrogens is 214 g/mol. The first-order valence-corrected chi connectivity index (χ1v) is 5.63. The van der Waals surface area contributed by atoms with Crippen LogP contribution in [0.1, 0.15) is 25.1 Å². The molecule has 0 unspecified atom stereocenters. The van der Waals surface area contributed by atoms with Gasteiger partial charge in [-0.05, 0) is 6.42 Å². The van der Waals surface area contributed by atoms with Crippen LogP contribution in [0.4, 0.5) is 0 Å². The van der Waals surface area contributed by atoms with Crippen LogP contribution in [0, 0.1) is 0 Å². The maximum absolute atomic E-state index is 11.2. The van der Waals surface area contributed by atoms with Gasteiger partial charge in [-0.1, -0.05) is 23.4 Å². The number of aromatic nitrogens is 3. The molecule has 0 amide bonds. The van der Waals surface area contributed by atoms with Crippen LogP contribution in [-0.4, -0.2) is 14.7 Å². The van der Waals surface area contributed by atoms with E-state index in [-0.39, 0.29) is 4.87 Å². The maximum Gasteiger partial charge on any atom is 0.307 e. The summed E-state index contributed by atoms with van der Waals surface area (Å²) in [4.78, 5) is 15.4. The highest BCUT2D eigenvalue weighted by Gasteiger charge is 2.07. The molecule has 2 rings (SSSR count). The summed E-state index contributed by atoms with van der Waals surface area (Å²) in [6.45, 7) is 2.42. The predicted molar refractivity (Wildman–Crippen MR) is 56.0 cm³/mol. The van der Waals surface area contributed by atoms with Crippen molar-refractivity contribution in [2.24, 2.45) is 0 Å². The fourth-order valence-corrected chi connectivity index (χ4v) is 1.82. The minimum absolute atomic E-state index is 0.00904. The first kappa shape index (κ1) is 10.1. The van der Waals surface area contributed by atoms with Crippen LogP contribution in [0.25, 0.3) is 0 Å². The van der Waals surface area contributed by atoms with Gasteiger partial charge in [0, 0.05) is 18.0 Å². The maximum atomic E-state index is 11.2. The molecule has 0 aliphatic carbocycles. The zero-order valence-electron chi connectivity index (χ0n) is 8.34. The topological polar surface area (TPSA) is 60.9 Å².